The molecule has 0 heterocycles. The monoisotopic (exact) mass is 727 g/mol. The predicted molar refractivity (Wildman–Crippen MR) is 215 cm³/mol. The summed E-state index contributed by atoms with van der Waals surface area (Å²) in [5.74, 6) is 0.536. The van der Waals surface area contributed by atoms with E-state index in [9.17, 15) is 15.0 Å². The van der Waals surface area contributed by atoms with Gasteiger partial charge in [-0.15, -0.1) is 0 Å². The van der Waals surface area contributed by atoms with Gasteiger partial charge in [0.2, 0.25) is 11.5 Å². The standard InChI is InChI=1S/C45H74O7/c1-5-9-13-17-21-25-29-49-39-33-37(34-40(44(39)47)50-30-26-22-18-14-10-6-2)43(46)38-35-41(51-31-27-23-19-15-11-7-3)45(48)42(36-38)52-32-28-24-20-16-12-8-4/h33-36,47-48H,5-32H2,1-4H3. The van der Waals surface area contributed by atoms with Crippen LogP contribution in [0.25, 0.3) is 0 Å². The molecular formula is C45H74O7. The van der Waals surface area contributed by atoms with Crippen molar-refractivity contribution in [1.29, 1.82) is 0 Å². The number of aromatic hydroxyl groups is 2. The molecule has 0 unspecified atom stereocenters. The van der Waals surface area contributed by atoms with E-state index >= 15 is 0 Å². The van der Waals surface area contributed by atoms with Crippen molar-refractivity contribution < 1.29 is 34.0 Å². The van der Waals surface area contributed by atoms with Gasteiger partial charge in [0.15, 0.2) is 28.8 Å². The molecule has 0 aliphatic rings. The first-order valence-corrected chi connectivity index (χ1v) is 21.3. The highest BCUT2D eigenvalue weighted by Gasteiger charge is 2.22. The number of unbranched alkanes of at least 4 members (excludes halogenated alkanes) is 20. The predicted octanol–water partition coefficient (Wildman–Crippen LogP) is 13.3. The number of carbonyl (C=O) groups is 1. The fraction of sp³-hybridized carbons (Fsp3) is 0.711. The van der Waals surface area contributed by atoms with Gasteiger partial charge in [-0.25, -0.2) is 0 Å². The van der Waals surface area contributed by atoms with E-state index in [0.29, 0.717) is 37.6 Å². The normalized spacial score (nSPS) is 11.2. The van der Waals surface area contributed by atoms with Crippen LogP contribution in [-0.2, 0) is 0 Å². The van der Waals surface area contributed by atoms with Crippen LogP contribution < -0.4 is 18.9 Å². The van der Waals surface area contributed by atoms with Gasteiger partial charge in [0, 0.05) is 11.1 Å². The second-order valence-electron chi connectivity index (χ2n) is 14.4. The molecule has 0 fully saturated rings. The molecule has 2 rings (SSSR count). The first kappa shape index (κ1) is 45.1. The van der Waals surface area contributed by atoms with Gasteiger partial charge in [0.1, 0.15) is 0 Å². The Morgan fingerprint density at radius 3 is 0.827 bits per heavy atom. The number of phenolic OH excluding ortho intramolecular Hbond substituents is 2. The van der Waals surface area contributed by atoms with Crippen LogP contribution in [0.1, 0.15) is 198 Å². The van der Waals surface area contributed by atoms with E-state index < -0.39 is 0 Å². The van der Waals surface area contributed by atoms with Crippen LogP contribution in [0.2, 0.25) is 0 Å². The van der Waals surface area contributed by atoms with Gasteiger partial charge in [-0.2, -0.15) is 0 Å². The minimum absolute atomic E-state index is 0.0786. The largest absolute Gasteiger partial charge is 0.502 e. The number of phenols is 2. The van der Waals surface area contributed by atoms with Crippen LogP contribution in [0.4, 0.5) is 0 Å². The van der Waals surface area contributed by atoms with Crippen LogP contribution in [0.15, 0.2) is 24.3 Å². The number of carbonyl (C=O) groups excluding carboxylic acids is 1. The van der Waals surface area contributed by atoms with Crippen molar-refractivity contribution in [3.8, 4) is 34.5 Å². The van der Waals surface area contributed by atoms with Gasteiger partial charge in [0.25, 0.3) is 0 Å². The molecule has 0 aliphatic carbocycles. The van der Waals surface area contributed by atoms with Crippen molar-refractivity contribution in [3.05, 3.63) is 35.4 Å². The third kappa shape index (κ3) is 18.6. The fourth-order valence-corrected chi connectivity index (χ4v) is 6.29. The Morgan fingerprint density at radius 2 is 0.596 bits per heavy atom. The minimum Gasteiger partial charge on any atom is -0.502 e. The highest BCUT2D eigenvalue weighted by Crippen LogP contribution is 2.41. The van der Waals surface area contributed by atoms with Crippen LogP contribution >= 0.6 is 0 Å². The summed E-state index contributed by atoms with van der Waals surface area (Å²) >= 11 is 0. The molecule has 0 amide bonds. The summed E-state index contributed by atoms with van der Waals surface area (Å²) in [6.07, 6.45) is 26.9. The van der Waals surface area contributed by atoms with Gasteiger partial charge in [-0.1, -0.05) is 156 Å². The lowest BCUT2D eigenvalue weighted by Gasteiger charge is -2.17. The van der Waals surface area contributed by atoms with E-state index in [4.69, 9.17) is 18.9 Å². The number of ether oxygens (including phenoxy) is 4. The summed E-state index contributed by atoms with van der Waals surface area (Å²) < 4.78 is 24.3. The fourth-order valence-electron chi connectivity index (χ4n) is 6.29. The van der Waals surface area contributed by atoms with Crippen molar-refractivity contribution >= 4 is 5.78 Å². The van der Waals surface area contributed by atoms with Gasteiger partial charge in [-0.3, -0.25) is 4.79 Å². The van der Waals surface area contributed by atoms with Gasteiger partial charge < -0.3 is 29.2 Å². The molecule has 2 N–H and O–H groups in total. The van der Waals surface area contributed by atoms with Gasteiger partial charge in [-0.05, 0) is 49.9 Å². The summed E-state index contributed by atoms with van der Waals surface area (Å²) in [7, 11) is 0. The maximum Gasteiger partial charge on any atom is 0.200 e. The number of benzene rings is 2. The molecule has 2 aromatic rings. The van der Waals surface area contributed by atoms with Crippen molar-refractivity contribution in [2.75, 3.05) is 26.4 Å². The highest BCUT2D eigenvalue weighted by molar-refractivity contribution is 6.10. The maximum absolute atomic E-state index is 14.2. The summed E-state index contributed by atoms with van der Waals surface area (Å²) in [4.78, 5) is 14.2. The molecule has 7 heteroatoms. The van der Waals surface area contributed by atoms with Crippen LogP contribution in [0.3, 0.4) is 0 Å². The summed E-state index contributed by atoms with van der Waals surface area (Å²) in [5, 5.41) is 22.4. The van der Waals surface area contributed by atoms with E-state index in [0.717, 1.165) is 77.0 Å². The Hall–Kier alpha value is -3.09. The maximum atomic E-state index is 14.2. The van der Waals surface area contributed by atoms with Crippen LogP contribution in [-0.4, -0.2) is 42.4 Å². The Morgan fingerprint density at radius 1 is 0.385 bits per heavy atom. The molecule has 0 saturated carbocycles. The smallest absolute Gasteiger partial charge is 0.200 e. The Labute approximate surface area is 317 Å². The second-order valence-corrected chi connectivity index (χ2v) is 14.4. The molecule has 0 bridgehead atoms. The molecule has 0 saturated heterocycles. The van der Waals surface area contributed by atoms with Crippen molar-refractivity contribution in [2.45, 2.75) is 182 Å². The van der Waals surface area contributed by atoms with Gasteiger partial charge >= 0.3 is 0 Å². The van der Waals surface area contributed by atoms with E-state index in [2.05, 4.69) is 27.7 Å². The third-order valence-electron chi connectivity index (χ3n) is 9.63. The number of hydrogen-bond acceptors (Lipinski definition) is 7. The lowest BCUT2D eigenvalue weighted by atomic mass is 10.0. The molecule has 0 radical (unpaired) electrons. The first-order valence-electron chi connectivity index (χ1n) is 21.3. The Kier molecular flexibility index (Phi) is 25.5. The summed E-state index contributed by atoms with van der Waals surface area (Å²) in [6, 6.07) is 6.42. The number of ketones is 1. The molecule has 296 valence electrons. The van der Waals surface area contributed by atoms with Crippen molar-refractivity contribution in [1.82, 2.24) is 0 Å². The lowest BCUT2D eigenvalue weighted by molar-refractivity contribution is 0.103. The summed E-state index contributed by atoms with van der Waals surface area (Å²) in [6.45, 7) is 10.6. The van der Waals surface area contributed by atoms with E-state index in [1.54, 1.807) is 24.3 Å². The average molecular weight is 727 g/mol. The lowest BCUT2D eigenvalue weighted by Crippen LogP contribution is -2.08. The second kappa shape index (κ2) is 29.4. The molecule has 2 aromatic carbocycles. The molecule has 0 aliphatic heterocycles. The quantitative estimate of drug-likeness (QED) is 0.0547. The third-order valence-corrected chi connectivity index (χ3v) is 9.63. The minimum atomic E-state index is -0.289. The zero-order valence-electron chi connectivity index (χ0n) is 33.5. The van der Waals surface area contributed by atoms with E-state index in [1.807, 2.05) is 0 Å². The molecular weight excluding hydrogens is 652 g/mol. The Balaban J connectivity index is 2.29. The van der Waals surface area contributed by atoms with Gasteiger partial charge in [0.05, 0.1) is 26.4 Å². The van der Waals surface area contributed by atoms with Crippen LogP contribution in [0, 0.1) is 0 Å². The zero-order valence-corrected chi connectivity index (χ0v) is 33.5. The van der Waals surface area contributed by atoms with E-state index in [1.165, 1.54) is 77.0 Å². The first-order chi connectivity index (χ1) is 25.5. The van der Waals surface area contributed by atoms with Crippen LogP contribution in [0.5, 0.6) is 34.5 Å². The summed E-state index contributed by atoms with van der Waals surface area (Å²) in [5.41, 5.74) is 0.672. The Bertz CT molecular complexity index is 1040. The highest BCUT2D eigenvalue weighted by atomic mass is 16.5. The average Bonchev–Trinajstić information content (AvgIpc) is 3.15. The zero-order chi connectivity index (χ0) is 37.7. The molecule has 7 nitrogen and oxygen atoms in total. The number of hydrogen-bond donors (Lipinski definition) is 2. The van der Waals surface area contributed by atoms with Crippen molar-refractivity contribution in [2.24, 2.45) is 0 Å². The molecule has 0 aromatic heterocycles. The van der Waals surface area contributed by atoms with E-state index in [-0.39, 0.29) is 40.3 Å². The molecule has 52 heavy (non-hydrogen) atoms. The molecule has 0 spiro atoms. The number of rotatable bonds is 34. The topological polar surface area (TPSA) is 94.5 Å². The van der Waals surface area contributed by atoms with Crippen molar-refractivity contribution in [3.63, 3.8) is 0 Å². The molecule has 0 atom stereocenters. The SMILES string of the molecule is CCCCCCCCOc1cc(C(=O)c2cc(OCCCCCCCC)c(O)c(OCCCCCCCC)c2)cc(OCCCCCCCC)c1O.